The molecule has 2 rings (SSSR count). The summed E-state index contributed by atoms with van der Waals surface area (Å²) in [5.41, 5.74) is 0.902. The molecule has 1 N–H and O–H groups in total. The van der Waals surface area contributed by atoms with E-state index in [2.05, 4.69) is 10.2 Å². The Hall–Kier alpha value is -1.66. The Labute approximate surface area is 143 Å². The lowest BCUT2D eigenvalue weighted by molar-refractivity contribution is 0.145. The van der Waals surface area contributed by atoms with Crippen molar-refractivity contribution in [1.82, 2.24) is 15.1 Å². The molecule has 0 unspecified atom stereocenters. The van der Waals surface area contributed by atoms with Crippen molar-refractivity contribution in [2.45, 2.75) is 25.8 Å². The number of likely N-dealkylation sites (tertiary alicyclic amines) is 1. The lowest BCUT2D eigenvalue weighted by Gasteiger charge is -2.27. The van der Waals surface area contributed by atoms with Gasteiger partial charge in [-0.2, -0.15) is 0 Å². The van der Waals surface area contributed by atoms with Gasteiger partial charge in [-0.1, -0.05) is 18.6 Å². The molecule has 0 aromatic heterocycles. The van der Waals surface area contributed by atoms with Crippen LogP contribution in [0.4, 0.5) is 9.18 Å². The number of methoxy groups -OCH3 is 1. The largest absolute Gasteiger partial charge is 0.383 e. The predicted molar refractivity (Wildman–Crippen MR) is 92.4 cm³/mol. The molecule has 1 heterocycles. The number of piperidine rings is 1. The number of amides is 2. The topological polar surface area (TPSA) is 44.8 Å². The van der Waals surface area contributed by atoms with E-state index in [4.69, 9.17) is 4.74 Å². The number of ether oxygens (including phenoxy) is 1. The van der Waals surface area contributed by atoms with Crippen LogP contribution in [0.1, 0.15) is 24.8 Å². The van der Waals surface area contributed by atoms with Gasteiger partial charge >= 0.3 is 6.03 Å². The minimum Gasteiger partial charge on any atom is -0.383 e. The van der Waals surface area contributed by atoms with E-state index in [1.165, 1.54) is 31.4 Å². The molecule has 5 nitrogen and oxygen atoms in total. The summed E-state index contributed by atoms with van der Waals surface area (Å²) in [5, 5.41) is 2.99. The molecule has 1 aliphatic rings. The van der Waals surface area contributed by atoms with Crippen molar-refractivity contribution in [1.29, 1.82) is 0 Å². The van der Waals surface area contributed by atoms with Crippen molar-refractivity contribution >= 4 is 6.03 Å². The second-order valence-electron chi connectivity index (χ2n) is 6.18. The fourth-order valence-corrected chi connectivity index (χ4v) is 2.88. The Morgan fingerprint density at radius 3 is 2.62 bits per heavy atom. The standard InChI is InChI=1S/C18H28FN3O2/c1-24-14-13-22(15-16-5-7-17(19)8-6-16)18(23)20-9-12-21-10-3-2-4-11-21/h5-8H,2-4,9-15H2,1H3,(H,20,23). The van der Waals surface area contributed by atoms with E-state index in [0.29, 0.717) is 26.2 Å². The van der Waals surface area contributed by atoms with E-state index < -0.39 is 0 Å². The van der Waals surface area contributed by atoms with Crippen LogP contribution in [0.5, 0.6) is 0 Å². The lowest BCUT2D eigenvalue weighted by atomic mass is 10.1. The number of hydrogen-bond donors (Lipinski definition) is 1. The van der Waals surface area contributed by atoms with Gasteiger partial charge < -0.3 is 19.9 Å². The summed E-state index contributed by atoms with van der Waals surface area (Å²) >= 11 is 0. The first-order valence-electron chi connectivity index (χ1n) is 8.67. The predicted octanol–water partition coefficient (Wildman–Crippen LogP) is 2.47. The summed E-state index contributed by atoms with van der Waals surface area (Å²) in [6.45, 7) is 5.20. The minimum atomic E-state index is -0.270. The lowest BCUT2D eigenvalue weighted by Crippen LogP contribution is -2.44. The average Bonchev–Trinajstić information content (AvgIpc) is 2.61. The molecule has 1 aromatic rings. The van der Waals surface area contributed by atoms with Gasteiger partial charge in [0.15, 0.2) is 0 Å². The van der Waals surface area contributed by atoms with Gasteiger partial charge in [-0.3, -0.25) is 0 Å². The zero-order chi connectivity index (χ0) is 17.2. The highest BCUT2D eigenvalue weighted by Crippen LogP contribution is 2.08. The molecular formula is C18H28FN3O2. The number of nitrogens with one attached hydrogen (secondary N) is 1. The molecular weight excluding hydrogens is 309 g/mol. The third kappa shape index (κ3) is 6.45. The highest BCUT2D eigenvalue weighted by atomic mass is 19.1. The van der Waals surface area contributed by atoms with E-state index in [9.17, 15) is 9.18 Å². The fraction of sp³-hybridized carbons (Fsp3) is 0.611. The molecule has 0 spiro atoms. The first-order valence-corrected chi connectivity index (χ1v) is 8.67. The SMILES string of the molecule is COCCN(Cc1ccc(F)cc1)C(=O)NCCN1CCCCC1. The molecule has 0 bridgehead atoms. The number of carbonyl (C=O) groups excluding carboxylic acids is 1. The molecule has 134 valence electrons. The Morgan fingerprint density at radius 1 is 1.25 bits per heavy atom. The minimum absolute atomic E-state index is 0.103. The van der Waals surface area contributed by atoms with Gasteiger partial charge in [0.2, 0.25) is 0 Å². The first kappa shape index (κ1) is 18.7. The monoisotopic (exact) mass is 337 g/mol. The van der Waals surface area contributed by atoms with Crippen LogP contribution in [0.3, 0.4) is 0 Å². The summed E-state index contributed by atoms with van der Waals surface area (Å²) in [4.78, 5) is 16.5. The molecule has 1 aliphatic heterocycles. The summed E-state index contributed by atoms with van der Waals surface area (Å²) < 4.78 is 18.1. The molecule has 0 atom stereocenters. The smallest absolute Gasteiger partial charge is 0.317 e. The van der Waals surface area contributed by atoms with Gasteiger partial charge in [0.25, 0.3) is 0 Å². The van der Waals surface area contributed by atoms with Gasteiger partial charge in [-0.15, -0.1) is 0 Å². The molecule has 2 amide bonds. The van der Waals surface area contributed by atoms with E-state index >= 15 is 0 Å². The maximum atomic E-state index is 13.0. The number of urea groups is 1. The maximum absolute atomic E-state index is 13.0. The Bertz CT molecular complexity index is 490. The molecule has 0 aliphatic carbocycles. The number of nitrogens with zero attached hydrogens (tertiary/aromatic N) is 2. The average molecular weight is 337 g/mol. The number of carbonyl (C=O) groups is 1. The van der Waals surface area contributed by atoms with Gasteiger partial charge in [0.05, 0.1) is 6.61 Å². The molecule has 0 radical (unpaired) electrons. The summed E-state index contributed by atoms with van der Waals surface area (Å²) in [6.07, 6.45) is 3.81. The van der Waals surface area contributed by atoms with Crippen LogP contribution in [-0.4, -0.2) is 62.3 Å². The first-order chi connectivity index (χ1) is 11.7. The van der Waals surface area contributed by atoms with Crippen LogP contribution in [0.2, 0.25) is 0 Å². The van der Waals surface area contributed by atoms with E-state index in [1.54, 1.807) is 24.1 Å². The van der Waals surface area contributed by atoms with Gasteiger partial charge in [0, 0.05) is 33.3 Å². The van der Waals surface area contributed by atoms with Crippen LogP contribution in [-0.2, 0) is 11.3 Å². The van der Waals surface area contributed by atoms with Gasteiger partial charge in [-0.25, -0.2) is 9.18 Å². The fourth-order valence-electron chi connectivity index (χ4n) is 2.88. The third-order valence-electron chi connectivity index (χ3n) is 4.29. The molecule has 1 fully saturated rings. The molecule has 1 aromatic carbocycles. The van der Waals surface area contributed by atoms with Crippen LogP contribution < -0.4 is 5.32 Å². The Balaban J connectivity index is 1.81. The number of halogens is 1. The second-order valence-corrected chi connectivity index (χ2v) is 6.18. The van der Waals surface area contributed by atoms with E-state index in [0.717, 1.165) is 25.2 Å². The molecule has 0 saturated carbocycles. The van der Waals surface area contributed by atoms with E-state index in [1.807, 2.05) is 0 Å². The van der Waals surface area contributed by atoms with Crippen LogP contribution >= 0.6 is 0 Å². The summed E-state index contributed by atoms with van der Waals surface area (Å²) in [6, 6.07) is 6.14. The molecule has 1 saturated heterocycles. The van der Waals surface area contributed by atoms with Crippen LogP contribution in [0.15, 0.2) is 24.3 Å². The highest BCUT2D eigenvalue weighted by molar-refractivity contribution is 5.74. The second kappa shape index (κ2) is 10.3. The number of benzene rings is 1. The molecule has 24 heavy (non-hydrogen) atoms. The quantitative estimate of drug-likeness (QED) is 0.793. The number of hydrogen-bond acceptors (Lipinski definition) is 3. The van der Waals surface area contributed by atoms with Crippen LogP contribution in [0, 0.1) is 5.82 Å². The van der Waals surface area contributed by atoms with E-state index in [-0.39, 0.29) is 11.8 Å². The number of rotatable bonds is 8. The normalized spacial score (nSPS) is 15.2. The Morgan fingerprint density at radius 2 is 1.96 bits per heavy atom. The van der Waals surface area contributed by atoms with Crippen molar-refractivity contribution in [2.75, 3.05) is 46.4 Å². The van der Waals surface area contributed by atoms with Crippen molar-refractivity contribution in [3.8, 4) is 0 Å². The Kier molecular flexibility index (Phi) is 7.98. The van der Waals surface area contributed by atoms with Gasteiger partial charge in [-0.05, 0) is 43.6 Å². The van der Waals surface area contributed by atoms with Crippen molar-refractivity contribution in [2.24, 2.45) is 0 Å². The maximum Gasteiger partial charge on any atom is 0.317 e. The third-order valence-corrected chi connectivity index (χ3v) is 4.29. The van der Waals surface area contributed by atoms with Crippen LogP contribution in [0.25, 0.3) is 0 Å². The van der Waals surface area contributed by atoms with Crippen molar-refractivity contribution < 1.29 is 13.9 Å². The summed E-state index contributed by atoms with van der Waals surface area (Å²) in [7, 11) is 1.62. The zero-order valence-corrected chi connectivity index (χ0v) is 14.5. The zero-order valence-electron chi connectivity index (χ0n) is 14.5. The summed E-state index contributed by atoms with van der Waals surface area (Å²) in [5.74, 6) is -0.270. The van der Waals surface area contributed by atoms with Gasteiger partial charge in [0.1, 0.15) is 5.82 Å². The van der Waals surface area contributed by atoms with Crippen molar-refractivity contribution in [3.63, 3.8) is 0 Å². The molecule has 6 heteroatoms. The highest BCUT2D eigenvalue weighted by Gasteiger charge is 2.15. The van der Waals surface area contributed by atoms with Crippen molar-refractivity contribution in [3.05, 3.63) is 35.6 Å².